The second-order valence-electron chi connectivity index (χ2n) is 10.5. The molecule has 188 valence electrons. The lowest BCUT2D eigenvalue weighted by molar-refractivity contribution is -0.0775. The largest absolute Gasteiger partial charge is 0.508 e. The van der Waals surface area contributed by atoms with E-state index in [4.69, 9.17) is 18.9 Å². The predicted molar refractivity (Wildman–Crippen MR) is 117 cm³/mol. The van der Waals surface area contributed by atoms with E-state index in [1.54, 1.807) is 69.2 Å². The third kappa shape index (κ3) is 12.1. The van der Waals surface area contributed by atoms with Crippen molar-refractivity contribution in [1.29, 1.82) is 0 Å². The van der Waals surface area contributed by atoms with Gasteiger partial charge in [0.15, 0.2) is 0 Å². The fourth-order valence-electron chi connectivity index (χ4n) is 2.45. The molecule has 10 heteroatoms. The number of aliphatic hydroxyl groups excluding tert-OH is 2. The standard InChI is InChI=1S/C22H41NO9/c1-11-12-15(24)16(25)14(13-29-19(28)32-22(8,9)10)23(17(26)30-20(2,3)4)18(27)31-21(5,6)7/h14-16,24-25H,11-13H2,1-10H3/t14-,15+,16-/m0/s1. The molecule has 0 spiro atoms. The molecule has 0 aromatic carbocycles. The van der Waals surface area contributed by atoms with E-state index in [1.165, 1.54) is 0 Å². The van der Waals surface area contributed by atoms with Gasteiger partial charge in [0.2, 0.25) is 0 Å². The summed E-state index contributed by atoms with van der Waals surface area (Å²) in [7, 11) is 0. The molecule has 0 aliphatic rings. The summed E-state index contributed by atoms with van der Waals surface area (Å²) in [6, 6.07) is -1.49. The van der Waals surface area contributed by atoms with Crippen molar-refractivity contribution >= 4 is 18.3 Å². The Kier molecular flexibility index (Phi) is 10.9. The minimum absolute atomic E-state index is 0.181. The average Bonchev–Trinajstić information content (AvgIpc) is 2.52. The van der Waals surface area contributed by atoms with Crippen LogP contribution in [0.25, 0.3) is 0 Å². The highest BCUT2D eigenvalue weighted by atomic mass is 16.7. The number of carbonyl (C=O) groups is 3. The summed E-state index contributed by atoms with van der Waals surface area (Å²) in [5.74, 6) is 0. The summed E-state index contributed by atoms with van der Waals surface area (Å²) < 4.78 is 20.8. The second kappa shape index (κ2) is 11.7. The molecular formula is C22H41NO9. The molecule has 10 nitrogen and oxygen atoms in total. The Morgan fingerprint density at radius 2 is 1.19 bits per heavy atom. The first-order valence-electron chi connectivity index (χ1n) is 10.7. The lowest BCUT2D eigenvalue weighted by Crippen LogP contribution is -2.57. The number of aliphatic hydroxyl groups is 2. The summed E-state index contributed by atoms with van der Waals surface area (Å²) in [4.78, 5) is 38.4. The Bertz CT molecular complexity index is 601. The minimum atomic E-state index is -1.64. The highest BCUT2D eigenvalue weighted by Gasteiger charge is 2.43. The zero-order valence-electron chi connectivity index (χ0n) is 21.1. The van der Waals surface area contributed by atoms with Crippen LogP contribution in [0, 0.1) is 0 Å². The smallest absolute Gasteiger partial charge is 0.443 e. The van der Waals surface area contributed by atoms with Crippen LogP contribution in [-0.2, 0) is 18.9 Å². The topological polar surface area (TPSA) is 132 Å². The number of ether oxygens (including phenoxy) is 4. The first-order chi connectivity index (χ1) is 14.3. The molecule has 0 aliphatic heterocycles. The minimum Gasteiger partial charge on any atom is -0.443 e. The van der Waals surface area contributed by atoms with Crippen molar-refractivity contribution in [3.05, 3.63) is 0 Å². The van der Waals surface area contributed by atoms with Crippen LogP contribution in [0.4, 0.5) is 14.4 Å². The number of hydrogen-bond donors (Lipinski definition) is 2. The molecular weight excluding hydrogens is 422 g/mol. The van der Waals surface area contributed by atoms with Crippen LogP contribution in [0.5, 0.6) is 0 Å². The Hall–Kier alpha value is -2.07. The number of rotatable bonds is 7. The maximum absolute atomic E-state index is 12.9. The van der Waals surface area contributed by atoms with Gasteiger partial charge in [0, 0.05) is 0 Å². The molecule has 0 rings (SSSR count). The van der Waals surface area contributed by atoms with E-state index in [1.807, 2.05) is 0 Å². The van der Waals surface area contributed by atoms with E-state index in [2.05, 4.69) is 0 Å². The lowest BCUT2D eigenvalue weighted by Gasteiger charge is -2.36. The molecule has 3 atom stereocenters. The number of hydrogen-bond acceptors (Lipinski definition) is 9. The molecule has 0 aromatic heterocycles. The molecule has 0 aromatic rings. The zero-order valence-corrected chi connectivity index (χ0v) is 21.1. The number of nitrogens with zero attached hydrogens (tertiary/aromatic N) is 1. The molecule has 0 saturated carbocycles. The van der Waals surface area contributed by atoms with Gasteiger partial charge in [-0.05, 0) is 68.7 Å². The van der Waals surface area contributed by atoms with Gasteiger partial charge in [-0.1, -0.05) is 13.3 Å². The fraction of sp³-hybridized carbons (Fsp3) is 0.864. The Morgan fingerprint density at radius 1 is 0.781 bits per heavy atom. The van der Waals surface area contributed by atoms with Crippen LogP contribution in [-0.4, -0.2) is 75.1 Å². The van der Waals surface area contributed by atoms with Crippen LogP contribution in [0.3, 0.4) is 0 Å². The highest BCUT2D eigenvalue weighted by Crippen LogP contribution is 2.21. The van der Waals surface area contributed by atoms with E-state index in [-0.39, 0.29) is 6.42 Å². The molecule has 0 aliphatic carbocycles. The van der Waals surface area contributed by atoms with Gasteiger partial charge in [0.1, 0.15) is 35.6 Å². The average molecular weight is 464 g/mol. The molecule has 0 saturated heterocycles. The molecule has 2 amide bonds. The van der Waals surface area contributed by atoms with Crippen LogP contribution >= 0.6 is 0 Å². The predicted octanol–water partition coefficient (Wildman–Crippen LogP) is 4.00. The third-order valence-corrected chi connectivity index (χ3v) is 3.65. The molecule has 32 heavy (non-hydrogen) atoms. The number of imide groups is 1. The second-order valence-corrected chi connectivity index (χ2v) is 10.5. The van der Waals surface area contributed by atoms with Gasteiger partial charge in [0.25, 0.3) is 0 Å². The lowest BCUT2D eigenvalue weighted by atomic mass is 10.0. The first-order valence-corrected chi connectivity index (χ1v) is 10.7. The summed E-state index contributed by atoms with van der Waals surface area (Å²) in [6.07, 6.45) is -5.54. The number of carbonyl (C=O) groups excluding carboxylic acids is 3. The molecule has 0 fully saturated rings. The van der Waals surface area contributed by atoms with Gasteiger partial charge in [-0.3, -0.25) is 0 Å². The van der Waals surface area contributed by atoms with Gasteiger partial charge >= 0.3 is 18.3 Å². The maximum Gasteiger partial charge on any atom is 0.508 e. The highest BCUT2D eigenvalue weighted by molar-refractivity contribution is 5.88. The van der Waals surface area contributed by atoms with E-state index >= 15 is 0 Å². The van der Waals surface area contributed by atoms with Crippen molar-refractivity contribution in [2.75, 3.05) is 6.61 Å². The van der Waals surface area contributed by atoms with Crippen molar-refractivity contribution in [1.82, 2.24) is 4.90 Å². The molecule has 0 bridgehead atoms. The van der Waals surface area contributed by atoms with Crippen molar-refractivity contribution in [2.45, 2.75) is 117 Å². The SMILES string of the molecule is CCC[C@@H](O)[C@@H](O)[C@H](COC(=O)OC(C)(C)C)N(C(=O)OC(C)(C)C)C(=O)OC(C)(C)C. The van der Waals surface area contributed by atoms with Crippen molar-refractivity contribution in [3.63, 3.8) is 0 Å². The van der Waals surface area contributed by atoms with Crippen molar-refractivity contribution in [2.24, 2.45) is 0 Å². The molecule has 0 heterocycles. The fourth-order valence-corrected chi connectivity index (χ4v) is 2.45. The van der Waals surface area contributed by atoms with Gasteiger partial charge in [-0.15, -0.1) is 0 Å². The first kappa shape index (κ1) is 29.9. The van der Waals surface area contributed by atoms with Crippen LogP contribution < -0.4 is 0 Å². The van der Waals surface area contributed by atoms with E-state index in [9.17, 15) is 24.6 Å². The van der Waals surface area contributed by atoms with E-state index < -0.39 is 60.0 Å². The summed E-state index contributed by atoms with van der Waals surface area (Å²) in [5.41, 5.74) is -2.79. The summed E-state index contributed by atoms with van der Waals surface area (Å²) in [5, 5.41) is 21.1. The van der Waals surface area contributed by atoms with Gasteiger partial charge < -0.3 is 29.2 Å². The summed E-state index contributed by atoms with van der Waals surface area (Å²) >= 11 is 0. The van der Waals surface area contributed by atoms with Crippen LogP contribution in [0.1, 0.15) is 82.1 Å². The molecule has 0 unspecified atom stereocenters. The van der Waals surface area contributed by atoms with Gasteiger partial charge in [-0.25, -0.2) is 19.3 Å². The van der Waals surface area contributed by atoms with E-state index in [0.717, 1.165) is 0 Å². The summed E-state index contributed by atoms with van der Waals surface area (Å²) in [6.45, 7) is 15.7. The normalized spacial score (nSPS) is 15.2. The quantitative estimate of drug-likeness (QED) is 0.424. The van der Waals surface area contributed by atoms with Crippen LogP contribution in [0.2, 0.25) is 0 Å². The van der Waals surface area contributed by atoms with Crippen molar-refractivity contribution in [3.8, 4) is 0 Å². The van der Waals surface area contributed by atoms with Crippen molar-refractivity contribution < 1.29 is 43.5 Å². The van der Waals surface area contributed by atoms with Gasteiger partial charge in [0.05, 0.1) is 6.10 Å². The van der Waals surface area contributed by atoms with E-state index in [0.29, 0.717) is 11.3 Å². The Balaban J connectivity index is 6.08. The number of amides is 2. The maximum atomic E-state index is 12.9. The zero-order chi connectivity index (χ0) is 25.5. The molecule has 0 radical (unpaired) electrons. The monoisotopic (exact) mass is 463 g/mol. The molecule has 2 N–H and O–H groups in total. The Labute approximate surface area is 191 Å². The third-order valence-electron chi connectivity index (χ3n) is 3.65. The van der Waals surface area contributed by atoms with Gasteiger partial charge in [-0.2, -0.15) is 0 Å². The Morgan fingerprint density at radius 3 is 1.53 bits per heavy atom. The van der Waals surface area contributed by atoms with Crippen LogP contribution in [0.15, 0.2) is 0 Å².